The minimum absolute atomic E-state index is 0.165. The van der Waals surface area contributed by atoms with Gasteiger partial charge in [-0.15, -0.1) is 0 Å². The Morgan fingerprint density at radius 1 is 1.20 bits per heavy atom. The zero-order chi connectivity index (χ0) is 26.3. The van der Waals surface area contributed by atoms with Crippen LogP contribution in [0.4, 0.5) is 5.69 Å². The third-order valence-corrected chi connectivity index (χ3v) is 5.34. The third-order valence-electron chi connectivity index (χ3n) is 5.34. The van der Waals surface area contributed by atoms with Crippen LogP contribution >= 0.6 is 0 Å². The molecule has 6 nitrogen and oxygen atoms in total. The predicted molar refractivity (Wildman–Crippen MR) is 145 cm³/mol. The number of H-pyrrole nitrogens is 1. The van der Waals surface area contributed by atoms with E-state index in [9.17, 15) is 10.1 Å². The van der Waals surface area contributed by atoms with Crippen molar-refractivity contribution in [1.82, 2.24) is 15.1 Å². The lowest BCUT2D eigenvalue weighted by molar-refractivity contribution is -0.126. The number of nitrogens with one attached hydrogen (secondary N) is 1. The molecule has 0 radical (unpaired) electrons. The van der Waals surface area contributed by atoms with Gasteiger partial charge in [0.05, 0.1) is 23.5 Å². The number of carbonyl (C=O) groups is 1. The molecule has 1 N–H and O–H groups in total. The van der Waals surface area contributed by atoms with Crippen LogP contribution in [-0.4, -0.2) is 34.8 Å². The molecule has 1 amide bonds. The van der Waals surface area contributed by atoms with Crippen molar-refractivity contribution in [3.8, 4) is 6.07 Å². The standard InChI is InChI=1S/C29H35N5O/c1-18(2)10-24-14-23(15-25(16-30)28(24)31-8)13-20(5)12-21(6)29(35)34(9)17-27-26(11-19(3)4)22(7)32-33-27/h10-12,14-15H,6,8,13,17H2,1-5,7,9H3,(H,32,33)/b20-12+. The average Bonchev–Trinajstić information content (AvgIpc) is 3.10. The number of aryl methyl sites for hydroxylation is 1. The summed E-state index contributed by atoms with van der Waals surface area (Å²) in [5.41, 5.74) is 9.31. The summed E-state index contributed by atoms with van der Waals surface area (Å²) in [5.74, 6) is -0.165. The van der Waals surface area contributed by atoms with Crippen LogP contribution in [0.1, 0.15) is 68.3 Å². The maximum atomic E-state index is 13.0. The van der Waals surface area contributed by atoms with Gasteiger partial charge in [-0.25, -0.2) is 0 Å². The summed E-state index contributed by atoms with van der Waals surface area (Å²) in [4.78, 5) is 18.7. The Morgan fingerprint density at radius 2 is 1.86 bits per heavy atom. The number of amides is 1. The SMILES string of the molecule is C=Nc1c(C#N)cc(C/C(C)=C/C(=C)C(=O)N(C)Cc2n[nH]c(C)c2C=C(C)C)cc1C=C(C)C. The van der Waals surface area contributed by atoms with E-state index in [4.69, 9.17) is 0 Å². The number of nitriles is 1. The molecule has 1 heterocycles. The van der Waals surface area contributed by atoms with E-state index in [2.05, 4.69) is 40.6 Å². The minimum Gasteiger partial charge on any atom is -0.336 e. The Kier molecular flexibility index (Phi) is 9.30. The first kappa shape index (κ1) is 27.3. The van der Waals surface area contributed by atoms with Gasteiger partial charge in [0.15, 0.2) is 0 Å². The van der Waals surface area contributed by atoms with Crippen molar-refractivity contribution in [1.29, 1.82) is 5.26 Å². The summed E-state index contributed by atoms with van der Waals surface area (Å²) in [6.07, 6.45) is 6.44. The van der Waals surface area contributed by atoms with Gasteiger partial charge < -0.3 is 4.90 Å². The first-order chi connectivity index (χ1) is 16.5. The lowest BCUT2D eigenvalue weighted by atomic mass is 9.97. The zero-order valence-corrected chi connectivity index (χ0v) is 21.9. The molecule has 0 bridgehead atoms. The molecule has 6 heteroatoms. The normalized spacial score (nSPS) is 10.9. The highest BCUT2D eigenvalue weighted by atomic mass is 16.2. The number of hydrogen-bond acceptors (Lipinski definition) is 4. The smallest absolute Gasteiger partial charge is 0.253 e. The summed E-state index contributed by atoms with van der Waals surface area (Å²) in [6.45, 7) is 20.0. The van der Waals surface area contributed by atoms with Crippen LogP contribution in [0.2, 0.25) is 0 Å². The first-order valence-electron chi connectivity index (χ1n) is 11.5. The molecule has 0 spiro atoms. The van der Waals surface area contributed by atoms with Crippen molar-refractivity contribution < 1.29 is 4.79 Å². The van der Waals surface area contributed by atoms with Crippen LogP contribution in [0.15, 0.2) is 52.1 Å². The molecule has 0 aliphatic heterocycles. The Balaban J connectivity index is 2.22. The number of aliphatic imine (C=N–C) groups is 1. The van der Waals surface area contributed by atoms with Crippen LogP contribution in [0.25, 0.3) is 12.2 Å². The third kappa shape index (κ3) is 7.25. The van der Waals surface area contributed by atoms with Crippen molar-refractivity contribution in [3.05, 3.63) is 80.7 Å². The van der Waals surface area contributed by atoms with Crippen molar-refractivity contribution in [2.24, 2.45) is 4.99 Å². The second-order valence-electron chi connectivity index (χ2n) is 9.36. The topological polar surface area (TPSA) is 85.1 Å². The van der Waals surface area contributed by atoms with Gasteiger partial charge in [0, 0.05) is 29.4 Å². The summed E-state index contributed by atoms with van der Waals surface area (Å²) in [5, 5.41) is 17.0. The van der Waals surface area contributed by atoms with E-state index in [0.717, 1.165) is 44.8 Å². The number of rotatable bonds is 9. The maximum Gasteiger partial charge on any atom is 0.253 e. The monoisotopic (exact) mass is 469 g/mol. The van der Waals surface area contributed by atoms with Crippen molar-refractivity contribution in [3.63, 3.8) is 0 Å². The van der Waals surface area contributed by atoms with Crippen LogP contribution in [0.3, 0.4) is 0 Å². The van der Waals surface area contributed by atoms with Crippen LogP contribution in [-0.2, 0) is 17.8 Å². The van der Waals surface area contributed by atoms with E-state index in [1.807, 2.05) is 59.8 Å². The lowest BCUT2D eigenvalue weighted by Crippen LogP contribution is -2.27. The Hall–Kier alpha value is -3.98. The molecular formula is C29H35N5O. The molecule has 0 aliphatic rings. The molecule has 1 aromatic heterocycles. The van der Waals surface area contributed by atoms with Crippen molar-refractivity contribution in [2.75, 3.05) is 7.05 Å². The fourth-order valence-electron chi connectivity index (χ4n) is 3.87. The maximum absolute atomic E-state index is 13.0. The number of allylic oxidation sites excluding steroid dienone is 3. The second kappa shape index (κ2) is 11.9. The summed E-state index contributed by atoms with van der Waals surface area (Å²) in [6, 6.07) is 6.05. The van der Waals surface area contributed by atoms with Gasteiger partial charge in [0.1, 0.15) is 6.07 Å². The van der Waals surface area contributed by atoms with Gasteiger partial charge in [-0.05, 0) is 72.4 Å². The van der Waals surface area contributed by atoms with E-state index < -0.39 is 0 Å². The number of hydrogen-bond donors (Lipinski definition) is 1. The Labute approximate surface area is 209 Å². The molecule has 0 unspecified atom stereocenters. The van der Waals surface area contributed by atoms with Gasteiger partial charge in [0.2, 0.25) is 0 Å². The molecule has 1 aromatic carbocycles. The summed E-state index contributed by atoms with van der Waals surface area (Å²) < 4.78 is 0. The van der Waals surface area contributed by atoms with Crippen LogP contribution in [0, 0.1) is 18.3 Å². The van der Waals surface area contributed by atoms with Crippen LogP contribution < -0.4 is 0 Å². The number of carbonyl (C=O) groups excluding carboxylic acids is 1. The largest absolute Gasteiger partial charge is 0.336 e. The van der Waals surface area contributed by atoms with Crippen molar-refractivity contribution in [2.45, 2.75) is 54.5 Å². The summed E-state index contributed by atoms with van der Waals surface area (Å²) in [7, 11) is 1.75. The summed E-state index contributed by atoms with van der Waals surface area (Å²) >= 11 is 0. The lowest BCUT2D eigenvalue weighted by Gasteiger charge is -2.17. The molecule has 0 fully saturated rings. The highest BCUT2D eigenvalue weighted by Crippen LogP contribution is 2.29. The number of aromatic nitrogens is 2. The van der Waals surface area contributed by atoms with E-state index in [0.29, 0.717) is 29.8 Å². The molecule has 2 aromatic rings. The van der Waals surface area contributed by atoms with Crippen LogP contribution in [0.5, 0.6) is 0 Å². The molecule has 35 heavy (non-hydrogen) atoms. The Bertz CT molecular complexity index is 1270. The Morgan fingerprint density at radius 3 is 2.43 bits per heavy atom. The highest BCUT2D eigenvalue weighted by Gasteiger charge is 2.16. The predicted octanol–water partition coefficient (Wildman–Crippen LogP) is 6.47. The molecule has 0 saturated carbocycles. The van der Waals surface area contributed by atoms with Gasteiger partial charge in [0.25, 0.3) is 5.91 Å². The van der Waals surface area contributed by atoms with E-state index in [1.165, 1.54) is 0 Å². The fraction of sp³-hybridized carbons (Fsp3) is 0.310. The number of aromatic amines is 1. The van der Waals surface area contributed by atoms with Crippen molar-refractivity contribution >= 4 is 30.5 Å². The van der Waals surface area contributed by atoms with Gasteiger partial charge >= 0.3 is 0 Å². The van der Waals surface area contributed by atoms with Gasteiger partial charge in [-0.3, -0.25) is 14.9 Å². The zero-order valence-electron chi connectivity index (χ0n) is 21.9. The molecule has 182 valence electrons. The van der Waals surface area contributed by atoms with E-state index in [1.54, 1.807) is 18.0 Å². The van der Waals surface area contributed by atoms with E-state index >= 15 is 0 Å². The second-order valence-corrected chi connectivity index (χ2v) is 9.36. The molecule has 2 rings (SSSR count). The van der Waals surface area contributed by atoms with Gasteiger partial charge in [-0.2, -0.15) is 10.4 Å². The quantitative estimate of drug-likeness (QED) is 0.259. The molecular weight excluding hydrogens is 434 g/mol. The molecule has 0 atom stereocenters. The van der Waals surface area contributed by atoms with E-state index in [-0.39, 0.29) is 5.91 Å². The number of likely N-dealkylation sites (N-methyl/N-ethyl adjacent to an activating group) is 1. The highest BCUT2D eigenvalue weighted by molar-refractivity contribution is 5.95. The molecule has 0 saturated heterocycles. The first-order valence-corrected chi connectivity index (χ1v) is 11.5. The molecule has 0 aliphatic carbocycles. The number of benzene rings is 1. The number of nitrogens with zero attached hydrogens (tertiary/aromatic N) is 4. The fourth-order valence-corrected chi connectivity index (χ4v) is 3.87. The minimum atomic E-state index is -0.165. The van der Waals surface area contributed by atoms with Gasteiger partial charge in [-0.1, -0.05) is 41.5 Å². The average molecular weight is 470 g/mol.